The van der Waals surface area contributed by atoms with Crippen LogP contribution < -0.4 is 5.32 Å². The smallest absolute Gasteiger partial charge is 0.170 e. The molecule has 0 aliphatic rings. The number of pyridine rings is 1. The van der Waals surface area contributed by atoms with Crippen molar-refractivity contribution in [2.45, 2.75) is 13.1 Å². The highest BCUT2D eigenvalue weighted by Crippen LogP contribution is 2.29. The van der Waals surface area contributed by atoms with Crippen LogP contribution in [0, 0.1) is 11.3 Å². The minimum atomic E-state index is 0.428. The molecule has 0 aliphatic carbocycles. The van der Waals surface area contributed by atoms with Gasteiger partial charge in [0.15, 0.2) is 5.65 Å². The number of benzene rings is 1. The third-order valence-electron chi connectivity index (χ3n) is 4.39. The first-order valence-electron chi connectivity index (χ1n) is 8.79. The highest BCUT2D eigenvalue weighted by atomic mass is 16.5. The lowest BCUT2D eigenvalue weighted by molar-refractivity contribution is 0.402. The van der Waals surface area contributed by atoms with Crippen LogP contribution in [0.2, 0.25) is 0 Å². The van der Waals surface area contributed by atoms with Gasteiger partial charge in [-0.3, -0.25) is 4.40 Å². The fourth-order valence-electron chi connectivity index (χ4n) is 3.13. The van der Waals surface area contributed by atoms with Crippen molar-refractivity contribution in [2.75, 3.05) is 19.4 Å². The zero-order valence-electron chi connectivity index (χ0n) is 15.6. The molecule has 0 saturated heterocycles. The van der Waals surface area contributed by atoms with Crippen LogP contribution in [0.4, 0.5) is 5.82 Å². The number of fused-ring (bicyclic) bond motifs is 1. The minimum Gasteiger partial charge on any atom is -0.364 e. The summed E-state index contributed by atoms with van der Waals surface area (Å²) in [4.78, 5) is 2.12. The molecule has 8 nitrogen and oxygen atoms in total. The summed E-state index contributed by atoms with van der Waals surface area (Å²) >= 11 is 0. The highest BCUT2D eigenvalue weighted by Gasteiger charge is 2.15. The van der Waals surface area contributed by atoms with Crippen molar-refractivity contribution < 1.29 is 4.52 Å². The molecule has 3 heterocycles. The van der Waals surface area contributed by atoms with Crippen LogP contribution >= 0.6 is 0 Å². The monoisotopic (exact) mass is 373 g/mol. The van der Waals surface area contributed by atoms with Gasteiger partial charge in [-0.1, -0.05) is 29.4 Å². The molecule has 0 atom stereocenters. The number of rotatable bonds is 6. The van der Waals surface area contributed by atoms with E-state index in [4.69, 9.17) is 4.52 Å². The summed E-state index contributed by atoms with van der Waals surface area (Å²) in [5.74, 6) is 0.624. The second-order valence-corrected chi connectivity index (χ2v) is 6.74. The third kappa shape index (κ3) is 3.43. The Bertz CT molecular complexity index is 1120. The SMILES string of the molecule is CN(C)Cc1ccc(-c2cc(C#N)c(NCc3ccon3)n3cnnc23)cc1. The average Bonchev–Trinajstić information content (AvgIpc) is 3.38. The van der Waals surface area contributed by atoms with Gasteiger partial charge in [0.25, 0.3) is 0 Å². The number of nitrogens with one attached hydrogen (secondary N) is 1. The van der Waals surface area contributed by atoms with Gasteiger partial charge < -0.3 is 14.7 Å². The third-order valence-corrected chi connectivity index (χ3v) is 4.39. The van der Waals surface area contributed by atoms with Gasteiger partial charge >= 0.3 is 0 Å². The van der Waals surface area contributed by atoms with E-state index in [1.165, 1.54) is 11.8 Å². The molecule has 140 valence electrons. The van der Waals surface area contributed by atoms with Crippen LogP contribution in [0.25, 0.3) is 16.8 Å². The number of hydrogen-bond acceptors (Lipinski definition) is 7. The number of aromatic nitrogens is 4. The first kappa shape index (κ1) is 17.7. The molecule has 4 rings (SSSR count). The van der Waals surface area contributed by atoms with E-state index >= 15 is 0 Å². The van der Waals surface area contributed by atoms with Crippen molar-refractivity contribution in [3.8, 4) is 17.2 Å². The van der Waals surface area contributed by atoms with E-state index in [0.29, 0.717) is 23.6 Å². The van der Waals surface area contributed by atoms with Crippen molar-refractivity contribution in [1.82, 2.24) is 24.7 Å². The van der Waals surface area contributed by atoms with Crippen molar-refractivity contribution in [2.24, 2.45) is 0 Å². The second-order valence-electron chi connectivity index (χ2n) is 6.74. The lowest BCUT2D eigenvalue weighted by atomic mass is 10.0. The Kier molecular flexibility index (Phi) is 4.74. The van der Waals surface area contributed by atoms with E-state index in [1.807, 2.05) is 32.3 Å². The Labute approximate surface area is 162 Å². The fourth-order valence-corrected chi connectivity index (χ4v) is 3.13. The van der Waals surface area contributed by atoms with E-state index < -0.39 is 0 Å². The van der Waals surface area contributed by atoms with Gasteiger partial charge in [-0.2, -0.15) is 5.26 Å². The Morgan fingerprint density at radius 3 is 2.71 bits per heavy atom. The van der Waals surface area contributed by atoms with Crippen LogP contribution in [-0.2, 0) is 13.1 Å². The normalized spacial score (nSPS) is 11.1. The molecule has 0 radical (unpaired) electrons. The maximum atomic E-state index is 9.70. The van der Waals surface area contributed by atoms with E-state index in [9.17, 15) is 5.26 Å². The summed E-state index contributed by atoms with van der Waals surface area (Å²) < 4.78 is 6.65. The van der Waals surface area contributed by atoms with E-state index in [2.05, 4.69) is 43.8 Å². The lowest BCUT2D eigenvalue weighted by Crippen LogP contribution is -2.10. The number of anilines is 1. The maximum absolute atomic E-state index is 9.70. The van der Waals surface area contributed by atoms with Crippen LogP contribution in [0.15, 0.2) is 53.5 Å². The number of nitrogens with zero attached hydrogens (tertiary/aromatic N) is 6. The molecule has 1 aromatic carbocycles. The van der Waals surface area contributed by atoms with Gasteiger partial charge in [0.1, 0.15) is 30.2 Å². The summed E-state index contributed by atoms with van der Waals surface area (Å²) in [7, 11) is 4.08. The Balaban J connectivity index is 1.73. The van der Waals surface area contributed by atoms with Crippen molar-refractivity contribution >= 4 is 11.5 Å². The quantitative estimate of drug-likeness (QED) is 0.555. The molecule has 8 heteroatoms. The predicted molar refractivity (Wildman–Crippen MR) is 104 cm³/mol. The van der Waals surface area contributed by atoms with Gasteiger partial charge in [0.05, 0.1) is 12.1 Å². The molecule has 0 unspecified atom stereocenters. The molecule has 0 saturated carbocycles. The van der Waals surface area contributed by atoms with Gasteiger partial charge in [-0.25, -0.2) is 0 Å². The number of hydrogen-bond donors (Lipinski definition) is 1. The van der Waals surface area contributed by atoms with Crippen LogP contribution in [0.5, 0.6) is 0 Å². The Morgan fingerprint density at radius 1 is 1.21 bits per heavy atom. The van der Waals surface area contributed by atoms with Crippen LogP contribution in [0.3, 0.4) is 0 Å². The second kappa shape index (κ2) is 7.50. The Morgan fingerprint density at radius 2 is 2.04 bits per heavy atom. The van der Waals surface area contributed by atoms with Gasteiger partial charge in [0.2, 0.25) is 0 Å². The summed E-state index contributed by atoms with van der Waals surface area (Å²) in [5.41, 5.74) is 4.99. The molecule has 3 aromatic heterocycles. The van der Waals surface area contributed by atoms with E-state index in [1.54, 1.807) is 16.8 Å². The van der Waals surface area contributed by atoms with Crippen molar-refractivity contribution in [3.05, 3.63) is 65.8 Å². The summed E-state index contributed by atoms with van der Waals surface area (Å²) in [6.07, 6.45) is 3.12. The minimum absolute atomic E-state index is 0.428. The molecule has 4 aromatic rings. The van der Waals surface area contributed by atoms with E-state index in [0.717, 1.165) is 23.4 Å². The van der Waals surface area contributed by atoms with E-state index in [-0.39, 0.29) is 0 Å². The molecule has 0 amide bonds. The van der Waals surface area contributed by atoms with Crippen LogP contribution in [-0.4, -0.2) is 38.7 Å². The first-order valence-corrected chi connectivity index (χ1v) is 8.79. The molecule has 0 spiro atoms. The van der Waals surface area contributed by atoms with Crippen molar-refractivity contribution in [1.29, 1.82) is 5.26 Å². The van der Waals surface area contributed by atoms with Gasteiger partial charge in [-0.15, -0.1) is 10.2 Å². The molecule has 0 aliphatic heterocycles. The maximum Gasteiger partial charge on any atom is 0.170 e. The highest BCUT2D eigenvalue weighted by molar-refractivity contribution is 5.81. The van der Waals surface area contributed by atoms with Crippen LogP contribution in [0.1, 0.15) is 16.8 Å². The topological polar surface area (TPSA) is 95.3 Å². The molecular weight excluding hydrogens is 354 g/mol. The zero-order valence-corrected chi connectivity index (χ0v) is 15.6. The largest absolute Gasteiger partial charge is 0.364 e. The summed E-state index contributed by atoms with van der Waals surface area (Å²) in [6.45, 7) is 1.30. The molecule has 0 fully saturated rings. The Hall–Kier alpha value is -3.70. The summed E-state index contributed by atoms with van der Waals surface area (Å²) in [6, 6.07) is 14.2. The molecular formula is C20H19N7O. The fraction of sp³-hybridized carbons (Fsp3) is 0.200. The number of nitriles is 1. The lowest BCUT2D eigenvalue weighted by Gasteiger charge is -2.13. The average molecular weight is 373 g/mol. The molecule has 0 bridgehead atoms. The molecule has 28 heavy (non-hydrogen) atoms. The zero-order chi connectivity index (χ0) is 19.5. The van der Waals surface area contributed by atoms with Gasteiger partial charge in [0, 0.05) is 18.2 Å². The standard InChI is InChI=1S/C20H19N7O/c1-26(2)12-14-3-5-15(6-4-14)18-9-16(10-21)19(27-13-23-24-20(18)27)22-11-17-7-8-28-25-17/h3-9,13,22H,11-12H2,1-2H3. The molecule has 1 N–H and O–H groups in total. The first-order chi connectivity index (χ1) is 13.7. The summed E-state index contributed by atoms with van der Waals surface area (Å²) in [5, 5.41) is 25.1. The predicted octanol–water partition coefficient (Wildman–Crippen LogP) is 2.93. The van der Waals surface area contributed by atoms with Gasteiger partial charge in [-0.05, 0) is 31.3 Å². The van der Waals surface area contributed by atoms with Crippen molar-refractivity contribution in [3.63, 3.8) is 0 Å².